The molecule has 1 unspecified atom stereocenters. The van der Waals surface area contributed by atoms with Crippen LogP contribution in [0.25, 0.3) is 5.69 Å². The number of halogens is 1. The lowest BCUT2D eigenvalue weighted by Gasteiger charge is -2.15. The number of nitro groups is 1. The molecule has 1 fully saturated rings. The van der Waals surface area contributed by atoms with Gasteiger partial charge in [-0.1, -0.05) is 13.8 Å². The van der Waals surface area contributed by atoms with Crippen LogP contribution in [0.2, 0.25) is 0 Å². The Labute approximate surface area is 230 Å². The summed E-state index contributed by atoms with van der Waals surface area (Å²) in [6, 6.07) is 8.42. The average molecular weight is 576 g/mol. The standard InChI is InChI=1S/C26H30FN5O7S/c1-16(2)14-29-40(36,37)23-13-20(32(34)35)10-11-22(23)39-26-17(3)24(25(33)28-15-21-5-4-12-38-21)30-31(26)19-8-6-18(27)7-9-19/h6-11,13,16,21,29H,4-5,12,14-15H2,1-3H3,(H,28,33). The zero-order valence-corrected chi connectivity index (χ0v) is 23.0. The average Bonchev–Trinajstić information content (AvgIpc) is 3.55. The highest BCUT2D eigenvalue weighted by Gasteiger charge is 2.28. The monoisotopic (exact) mass is 575 g/mol. The summed E-state index contributed by atoms with van der Waals surface area (Å²) < 4.78 is 55.3. The lowest BCUT2D eigenvalue weighted by molar-refractivity contribution is -0.385. The molecule has 1 saturated heterocycles. The molecule has 0 aliphatic carbocycles. The van der Waals surface area contributed by atoms with Crippen molar-refractivity contribution in [2.45, 2.75) is 44.6 Å². The molecule has 0 spiro atoms. The minimum absolute atomic E-state index is 0.00146. The van der Waals surface area contributed by atoms with Crippen molar-refractivity contribution in [2.75, 3.05) is 19.7 Å². The number of hydrogen-bond donors (Lipinski definition) is 2. The third kappa shape index (κ3) is 6.63. The Morgan fingerprint density at radius 1 is 1.27 bits per heavy atom. The van der Waals surface area contributed by atoms with Crippen molar-refractivity contribution in [1.82, 2.24) is 19.8 Å². The third-order valence-corrected chi connectivity index (χ3v) is 7.63. The molecule has 2 N–H and O–H groups in total. The van der Waals surface area contributed by atoms with Crippen LogP contribution in [-0.4, -0.2) is 54.8 Å². The fourth-order valence-electron chi connectivity index (χ4n) is 4.03. The van der Waals surface area contributed by atoms with E-state index in [2.05, 4.69) is 15.1 Å². The van der Waals surface area contributed by atoms with Gasteiger partial charge in [0.1, 0.15) is 16.5 Å². The van der Waals surface area contributed by atoms with Crippen LogP contribution in [-0.2, 0) is 14.8 Å². The quantitative estimate of drug-likeness (QED) is 0.258. The number of nitrogens with one attached hydrogen (secondary N) is 2. The topological polar surface area (TPSA) is 155 Å². The van der Waals surface area contributed by atoms with Gasteiger partial charge in [0.15, 0.2) is 5.69 Å². The van der Waals surface area contributed by atoms with Gasteiger partial charge in [0, 0.05) is 37.4 Å². The number of nitrogens with zero attached hydrogens (tertiary/aromatic N) is 3. The Morgan fingerprint density at radius 3 is 2.62 bits per heavy atom. The summed E-state index contributed by atoms with van der Waals surface area (Å²) in [6.45, 7) is 6.19. The molecular weight excluding hydrogens is 545 g/mol. The number of sulfonamides is 1. The van der Waals surface area contributed by atoms with Gasteiger partial charge >= 0.3 is 0 Å². The van der Waals surface area contributed by atoms with E-state index < -0.39 is 37.3 Å². The molecule has 0 radical (unpaired) electrons. The Kier molecular flexibility index (Phi) is 8.81. The van der Waals surface area contributed by atoms with Crippen molar-refractivity contribution in [3.63, 3.8) is 0 Å². The SMILES string of the molecule is Cc1c(C(=O)NCC2CCCO2)nn(-c2ccc(F)cc2)c1Oc1ccc([N+](=O)[O-])cc1S(=O)(=O)NCC(C)C. The molecule has 1 atom stereocenters. The van der Waals surface area contributed by atoms with Gasteiger partial charge in [0.2, 0.25) is 15.9 Å². The Bertz CT molecular complexity index is 1500. The maximum atomic E-state index is 13.7. The predicted molar refractivity (Wildman–Crippen MR) is 143 cm³/mol. The molecule has 4 rings (SSSR count). The lowest BCUT2D eigenvalue weighted by Crippen LogP contribution is -2.32. The first kappa shape index (κ1) is 29.1. The summed E-state index contributed by atoms with van der Waals surface area (Å²) in [6.07, 6.45) is 1.62. The van der Waals surface area contributed by atoms with Gasteiger partial charge in [-0.25, -0.2) is 17.5 Å². The zero-order valence-electron chi connectivity index (χ0n) is 22.2. The van der Waals surface area contributed by atoms with Gasteiger partial charge < -0.3 is 14.8 Å². The highest BCUT2D eigenvalue weighted by Crippen LogP contribution is 2.35. The molecule has 14 heteroatoms. The van der Waals surface area contributed by atoms with E-state index in [-0.39, 0.29) is 48.0 Å². The van der Waals surface area contributed by atoms with Crippen molar-refractivity contribution in [2.24, 2.45) is 5.92 Å². The number of carbonyl (C=O) groups excluding carboxylic acids is 1. The Hall–Kier alpha value is -3.88. The largest absolute Gasteiger partial charge is 0.437 e. The number of ether oxygens (including phenoxy) is 2. The van der Waals surface area contributed by atoms with Gasteiger partial charge in [0.05, 0.1) is 16.7 Å². The number of non-ortho nitro benzene ring substituents is 1. The fraction of sp³-hybridized carbons (Fsp3) is 0.385. The molecular formula is C26H30FN5O7S. The van der Waals surface area contributed by atoms with Crippen LogP contribution in [0.1, 0.15) is 42.7 Å². The van der Waals surface area contributed by atoms with E-state index in [1.807, 2.05) is 13.8 Å². The molecule has 3 aromatic rings. The van der Waals surface area contributed by atoms with E-state index in [1.165, 1.54) is 35.0 Å². The van der Waals surface area contributed by atoms with E-state index in [1.54, 1.807) is 6.92 Å². The van der Waals surface area contributed by atoms with Crippen LogP contribution in [0, 0.1) is 28.8 Å². The normalized spacial score (nSPS) is 15.4. The highest BCUT2D eigenvalue weighted by atomic mass is 32.2. The highest BCUT2D eigenvalue weighted by molar-refractivity contribution is 7.89. The van der Waals surface area contributed by atoms with Crippen LogP contribution in [0.4, 0.5) is 10.1 Å². The number of hydrogen-bond acceptors (Lipinski definition) is 8. The minimum Gasteiger partial charge on any atom is -0.437 e. The van der Waals surface area contributed by atoms with Crippen molar-refractivity contribution in [1.29, 1.82) is 0 Å². The van der Waals surface area contributed by atoms with E-state index in [4.69, 9.17) is 9.47 Å². The smallest absolute Gasteiger partial charge is 0.272 e. The molecule has 40 heavy (non-hydrogen) atoms. The maximum Gasteiger partial charge on any atom is 0.272 e. The second-order valence-corrected chi connectivity index (χ2v) is 11.5. The van der Waals surface area contributed by atoms with Gasteiger partial charge in [-0.15, -0.1) is 0 Å². The first-order valence-corrected chi connectivity index (χ1v) is 14.2. The Balaban J connectivity index is 1.77. The lowest BCUT2D eigenvalue weighted by atomic mass is 10.2. The van der Waals surface area contributed by atoms with Gasteiger partial charge in [-0.05, 0) is 56.0 Å². The summed E-state index contributed by atoms with van der Waals surface area (Å²) in [7, 11) is -4.24. The van der Waals surface area contributed by atoms with E-state index >= 15 is 0 Å². The molecule has 1 aliphatic rings. The summed E-state index contributed by atoms with van der Waals surface area (Å²) in [5, 5.41) is 18.6. The summed E-state index contributed by atoms with van der Waals surface area (Å²) in [5.41, 5.74) is 0.157. The zero-order chi connectivity index (χ0) is 29.0. The first-order valence-electron chi connectivity index (χ1n) is 12.7. The summed E-state index contributed by atoms with van der Waals surface area (Å²) >= 11 is 0. The van der Waals surface area contributed by atoms with Crippen molar-refractivity contribution in [3.8, 4) is 17.3 Å². The molecule has 2 heterocycles. The van der Waals surface area contributed by atoms with Crippen molar-refractivity contribution < 1.29 is 32.0 Å². The first-order chi connectivity index (χ1) is 19.0. The minimum atomic E-state index is -4.24. The second-order valence-electron chi connectivity index (χ2n) is 9.75. The van der Waals surface area contributed by atoms with E-state index in [0.29, 0.717) is 12.3 Å². The fourth-order valence-corrected chi connectivity index (χ4v) is 5.39. The molecule has 1 aliphatic heterocycles. The number of nitro benzene ring substituents is 1. The Morgan fingerprint density at radius 2 is 2.00 bits per heavy atom. The molecule has 2 aromatic carbocycles. The molecule has 12 nitrogen and oxygen atoms in total. The van der Waals surface area contributed by atoms with E-state index in [9.17, 15) is 27.7 Å². The molecule has 1 aromatic heterocycles. The van der Waals surface area contributed by atoms with Crippen molar-refractivity contribution >= 4 is 21.6 Å². The molecule has 214 valence electrons. The van der Waals surface area contributed by atoms with E-state index in [0.717, 1.165) is 25.0 Å². The molecule has 1 amide bonds. The van der Waals surface area contributed by atoms with Crippen LogP contribution < -0.4 is 14.8 Å². The van der Waals surface area contributed by atoms with Crippen LogP contribution in [0.3, 0.4) is 0 Å². The van der Waals surface area contributed by atoms with Gasteiger partial charge in [-0.2, -0.15) is 9.78 Å². The van der Waals surface area contributed by atoms with Gasteiger partial charge in [0.25, 0.3) is 11.6 Å². The number of amides is 1. The summed E-state index contributed by atoms with van der Waals surface area (Å²) in [4.78, 5) is 23.3. The number of aromatic nitrogens is 2. The number of rotatable bonds is 11. The third-order valence-electron chi connectivity index (χ3n) is 6.18. The number of carbonyl (C=O) groups is 1. The van der Waals surface area contributed by atoms with Crippen LogP contribution in [0.15, 0.2) is 47.4 Å². The van der Waals surface area contributed by atoms with Crippen LogP contribution in [0.5, 0.6) is 11.6 Å². The number of benzene rings is 2. The van der Waals surface area contributed by atoms with Crippen molar-refractivity contribution in [3.05, 3.63) is 69.7 Å². The maximum absolute atomic E-state index is 13.7. The second kappa shape index (κ2) is 12.1. The van der Waals surface area contributed by atoms with Crippen LogP contribution >= 0.6 is 0 Å². The van der Waals surface area contributed by atoms with Gasteiger partial charge in [-0.3, -0.25) is 14.9 Å². The molecule has 0 saturated carbocycles. The predicted octanol–water partition coefficient (Wildman–Crippen LogP) is 3.86. The summed E-state index contributed by atoms with van der Waals surface area (Å²) in [5.74, 6) is -1.28. The molecule has 0 bridgehead atoms.